The lowest BCUT2D eigenvalue weighted by molar-refractivity contribution is -0.155. The SMILES string of the molecule is CC(=O)OC(C)(C)CCC(=O)Oc1cccc2[nH]cc(CCN(C)C)c12. The highest BCUT2D eigenvalue weighted by atomic mass is 16.6. The van der Waals surface area contributed by atoms with E-state index < -0.39 is 5.60 Å². The number of likely N-dealkylation sites (N-methyl/N-ethyl adjacent to an activating group) is 1. The number of carbonyl (C=O) groups excluding carboxylic acids is 2. The number of nitrogens with one attached hydrogen (secondary N) is 1. The highest BCUT2D eigenvalue weighted by Crippen LogP contribution is 2.30. The Morgan fingerprint density at radius 1 is 1.23 bits per heavy atom. The predicted octanol–water partition coefficient (Wildman–Crippen LogP) is 3.30. The van der Waals surface area contributed by atoms with E-state index in [0.29, 0.717) is 12.2 Å². The summed E-state index contributed by atoms with van der Waals surface area (Å²) < 4.78 is 10.8. The molecule has 6 nitrogen and oxygen atoms in total. The lowest BCUT2D eigenvalue weighted by Gasteiger charge is -2.23. The van der Waals surface area contributed by atoms with Gasteiger partial charge < -0.3 is 19.4 Å². The van der Waals surface area contributed by atoms with Crippen molar-refractivity contribution >= 4 is 22.8 Å². The van der Waals surface area contributed by atoms with Gasteiger partial charge in [0.2, 0.25) is 0 Å². The Morgan fingerprint density at radius 2 is 1.96 bits per heavy atom. The molecule has 0 radical (unpaired) electrons. The number of H-pyrrole nitrogens is 1. The molecule has 1 heterocycles. The minimum atomic E-state index is -0.693. The Bertz CT molecular complexity index is 777. The van der Waals surface area contributed by atoms with E-state index in [2.05, 4.69) is 9.88 Å². The van der Waals surface area contributed by atoms with Gasteiger partial charge in [-0.15, -0.1) is 0 Å². The average molecular weight is 360 g/mol. The molecule has 0 saturated carbocycles. The molecule has 0 saturated heterocycles. The molecule has 26 heavy (non-hydrogen) atoms. The van der Waals surface area contributed by atoms with Crippen LogP contribution in [0, 0.1) is 0 Å². The number of hydrogen-bond donors (Lipinski definition) is 1. The molecule has 1 aromatic carbocycles. The molecule has 0 bridgehead atoms. The van der Waals surface area contributed by atoms with Crippen LogP contribution in [0.5, 0.6) is 5.75 Å². The summed E-state index contributed by atoms with van der Waals surface area (Å²) in [6.45, 7) is 5.84. The van der Waals surface area contributed by atoms with Gasteiger partial charge in [0.1, 0.15) is 11.4 Å². The topological polar surface area (TPSA) is 71.6 Å². The zero-order valence-corrected chi connectivity index (χ0v) is 16.2. The van der Waals surface area contributed by atoms with E-state index in [0.717, 1.165) is 29.4 Å². The summed E-state index contributed by atoms with van der Waals surface area (Å²) in [5.41, 5.74) is 1.38. The monoisotopic (exact) mass is 360 g/mol. The van der Waals surface area contributed by atoms with Crippen LogP contribution in [0.3, 0.4) is 0 Å². The maximum Gasteiger partial charge on any atom is 0.311 e. The highest BCUT2D eigenvalue weighted by Gasteiger charge is 2.23. The van der Waals surface area contributed by atoms with Crippen LogP contribution in [-0.4, -0.2) is 48.1 Å². The maximum atomic E-state index is 12.3. The molecule has 0 aliphatic heterocycles. The molecule has 0 fully saturated rings. The van der Waals surface area contributed by atoms with Gasteiger partial charge in [-0.25, -0.2) is 0 Å². The van der Waals surface area contributed by atoms with Crippen molar-refractivity contribution in [1.29, 1.82) is 0 Å². The first-order chi connectivity index (χ1) is 12.2. The number of fused-ring (bicyclic) bond motifs is 1. The smallest absolute Gasteiger partial charge is 0.311 e. The van der Waals surface area contributed by atoms with Crippen LogP contribution in [0.4, 0.5) is 0 Å². The van der Waals surface area contributed by atoms with E-state index >= 15 is 0 Å². The van der Waals surface area contributed by atoms with Crippen molar-refractivity contribution < 1.29 is 19.1 Å². The number of nitrogens with zero attached hydrogens (tertiary/aromatic N) is 1. The summed E-state index contributed by atoms with van der Waals surface area (Å²) in [6, 6.07) is 5.64. The van der Waals surface area contributed by atoms with Gasteiger partial charge in [0.15, 0.2) is 0 Å². The van der Waals surface area contributed by atoms with E-state index in [1.165, 1.54) is 6.92 Å². The van der Waals surface area contributed by atoms with Crippen molar-refractivity contribution in [1.82, 2.24) is 9.88 Å². The second-order valence-electron chi connectivity index (χ2n) is 7.37. The predicted molar refractivity (Wildman–Crippen MR) is 101 cm³/mol. The van der Waals surface area contributed by atoms with Crippen molar-refractivity contribution in [3.63, 3.8) is 0 Å². The largest absolute Gasteiger partial charge is 0.460 e. The second-order valence-corrected chi connectivity index (χ2v) is 7.37. The quantitative estimate of drug-likeness (QED) is 0.578. The fraction of sp³-hybridized carbons (Fsp3) is 0.500. The normalized spacial score (nSPS) is 11.8. The Morgan fingerprint density at radius 3 is 2.62 bits per heavy atom. The first-order valence-electron chi connectivity index (χ1n) is 8.82. The summed E-state index contributed by atoms with van der Waals surface area (Å²) in [7, 11) is 4.06. The van der Waals surface area contributed by atoms with E-state index in [1.807, 2.05) is 38.5 Å². The molecule has 0 atom stereocenters. The standard InChI is InChI=1S/C20H28N2O4/c1-14(23)26-20(2,3)11-9-18(24)25-17-8-6-7-16-19(17)15(13-21-16)10-12-22(4)5/h6-8,13,21H,9-12H2,1-5H3. The van der Waals surface area contributed by atoms with Crippen molar-refractivity contribution in [2.24, 2.45) is 0 Å². The van der Waals surface area contributed by atoms with Crippen molar-refractivity contribution in [2.75, 3.05) is 20.6 Å². The van der Waals surface area contributed by atoms with Crippen LogP contribution in [0.25, 0.3) is 10.9 Å². The zero-order chi connectivity index (χ0) is 19.3. The number of ether oxygens (including phenoxy) is 2. The first kappa shape index (κ1) is 20.0. The van der Waals surface area contributed by atoms with Gasteiger partial charge in [-0.05, 0) is 58.5 Å². The molecular weight excluding hydrogens is 332 g/mol. The van der Waals surface area contributed by atoms with Crippen LogP contribution in [0.15, 0.2) is 24.4 Å². The molecule has 0 aliphatic carbocycles. The molecule has 6 heteroatoms. The number of rotatable bonds is 8. The molecule has 0 aliphatic rings. The van der Waals surface area contributed by atoms with Crippen LogP contribution in [-0.2, 0) is 20.7 Å². The van der Waals surface area contributed by atoms with Gasteiger partial charge in [-0.1, -0.05) is 6.07 Å². The molecule has 1 aromatic heterocycles. The van der Waals surface area contributed by atoms with E-state index in [1.54, 1.807) is 13.8 Å². The lowest BCUT2D eigenvalue weighted by atomic mass is 10.0. The molecule has 2 rings (SSSR count). The van der Waals surface area contributed by atoms with E-state index in [9.17, 15) is 9.59 Å². The van der Waals surface area contributed by atoms with Crippen molar-refractivity contribution in [3.05, 3.63) is 30.0 Å². The average Bonchev–Trinajstić information content (AvgIpc) is 2.94. The van der Waals surface area contributed by atoms with Gasteiger partial charge in [-0.2, -0.15) is 0 Å². The fourth-order valence-electron chi connectivity index (χ4n) is 2.86. The minimum absolute atomic E-state index is 0.175. The summed E-state index contributed by atoms with van der Waals surface area (Å²) in [5.74, 6) is -0.128. The van der Waals surface area contributed by atoms with Crippen LogP contribution < -0.4 is 4.74 Å². The van der Waals surface area contributed by atoms with Crippen molar-refractivity contribution in [2.45, 2.75) is 45.6 Å². The lowest BCUT2D eigenvalue weighted by Crippen LogP contribution is -2.28. The molecule has 0 spiro atoms. The molecule has 142 valence electrons. The van der Waals surface area contributed by atoms with Gasteiger partial charge in [0.25, 0.3) is 0 Å². The highest BCUT2D eigenvalue weighted by molar-refractivity contribution is 5.91. The Kier molecular flexibility index (Phi) is 6.42. The molecule has 1 N–H and O–H groups in total. The third kappa shape index (κ3) is 5.59. The summed E-state index contributed by atoms with van der Waals surface area (Å²) >= 11 is 0. The number of aromatic amines is 1. The minimum Gasteiger partial charge on any atom is -0.460 e. The van der Waals surface area contributed by atoms with E-state index in [-0.39, 0.29) is 18.4 Å². The third-order valence-electron chi connectivity index (χ3n) is 4.15. The van der Waals surface area contributed by atoms with Gasteiger partial charge >= 0.3 is 11.9 Å². The third-order valence-corrected chi connectivity index (χ3v) is 4.15. The summed E-state index contributed by atoms with van der Waals surface area (Å²) in [6.07, 6.45) is 3.41. The van der Waals surface area contributed by atoms with Gasteiger partial charge in [0.05, 0.1) is 0 Å². The summed E-state index contributed by atoms with van der Waals surface area (Å²) in [4.78, 5) is 28.8. The Balaban J connectivity index is 2.08. The van der Waals surface area contributed by atoms with Gasteiger partial charge in [0, 0.05) is 37.0 Å². The van der Waals surface area contributed by atoms with Crippen LogP contribution >= 0.6 is 0 Å². The van der Waals surface area contributed by atoms with Crippen LogP contribution in [0.1, 0.15) is 39.2 Å². The first-order valence-corrected chi connectivity index (χ1v) is 8.82. The summed E-state index contributed by atoms with van der Waals surface area (Å²) in [5, 5.41) is 0.946. The Labute approximate surface area is 154 Å². The Hall–Kier alpha value is -2.34. The molecular formula is C20H28N2O4. The van der Waals surface area contributed by atoms with Gasteiger partial charge in [-0.3, -0.25) is 9.59 Å². The second kappa shape index (κ2) is 8.36. The number of carbonyl (C=O) groups is 2. The van der Waals surface area contributed by atoms with Crippen LogP contribution in [0.2, 0.25) is 0 Å². The number of aromatic nitrogens is 1. The number of benzene rings is 1. The molecule has 0 unspecified atom stereocenters. The zero-order valence-electron chi connectivity index (χ0n) is 16.2. The molecule has 0 amide bonds. The fourth-order valence-corrected chi connectivity index (χ4v) is 2.86. The number of hydrogen-bond acceptors (Lipinski definition) is 5. The maximum absolute atomic E-state index is 12.3. The number of esters is 2. The van der Waals surface area contributed by atoms with E-state index in [4.69, 9.17) is 9.47 Å². The molecule has 2 aromatic rings. The van der Waals surface area contributed by atoms with Crippen molar-refractivity contribution in [3.8, 4) is 5.75 Å².